The maximum Gasteiger partial charge on any atom is 4.00 e. The van der Waals surface area contributed by atoms with Gasteiger partial charge in [-0.15, -0.1) is 40.1 Å². The van der Waals surface area contributed by atoms with E-state index in [1.54, 1.807) is 0 Å². The van der Waals surface area contributed by atoms with Crippen molar-refractivity contribution in [2.24, 2.45) is 5.92 Å². The molecule has 0 nitrogen and oxygen atoms in total. The van der Waals surface area contributed by atoms with E-state index in [9.17, 15) is 0 Å². The Morgan fingerprint density at radius 2 is 1.49 bits per heavy atom. The number of benzene rings is 4. The molecular formula is C35H34Cl2SiZr. The minimum atomic E-state index is 0. The zero-order chi connectivity index (χ0) is 25.3. The van der Waals surface area contributed by atoms with Gasteiger partial charge in [-0.3, -0.25) is 0 Å². The minimum absolute atomic E-state index is 0. The number of rotatable bonds is 3. The van der Waals surface area contributed by atoms with Crippen LogP contribution in [0.15, 0.2) is 97.1 Å². The van der Waals surface area contributed by atoms with E-state index in [2.05, 4.69) is 132 Å². The second kappa shape index (κ2) is 14.2. The summed E-state index contributed by atoms with van der Waals surface area (Å²) in [7, 11) is 0.795. The molecule has 6 rings (SSSR count). The molecule has 0 amide bonds. The number of hydrogen-bond donors (Lipinski definition) is 0. The summed E-state index contributed by atoms with van der Waals surface area (Å²) in [5.41, 5.74) is 8.52. The smallest absolute Gasteiger partial charge is 1.00 e. The van der Waals surface area contributed by atoms with Crippen molar-refractivity contribution >= 4 is 30.7 Å². The summed E-state index contributed by atoms with van der Waals surface area (Å²) in [5.74, 6) is 0.689. The molecule has 1 heterocycles. The van der Waals surface area contributed by atoms with Crippen LogP contribution in [-0.2, 0) is 38.0 Å². The van der Waals surface area contributed by atoms with Crippen LogP contribution in [0.2, 0.25) is 0 Å². The summed E-state index contributed by atoms with van der Waals surface area (Å²) < 4.78 is 0. The van der Waals surface area contributed by atoms with Gasteiger partial charge in [-0.05, 0) is 23.3 Å². The molecule has 0 spiro atoms. The van der Waals surface area contributed by atoms with Crippen LogP contribution in [0.3, 0.4) is 0 Å². The first-order valence-electron chi connectivity index (χ1n) is 13.0. The molecule has 39 heavy (non-hydrogen) atoms. The number of hydrogen-bond acceptors (Lipinski definition) is 0. The molecule has 0 aliphatic carbocycles. The summed E-state index contributed by atoms with van der Waals surface area (Å²) in [5, 5.41) is 5.59. The van der Waals surface area contributed by atoms with E-state index in [0.29, 0.717) is 5.92 Å². The normalized spacial score (nSPS) is 11.3. The van der Waals surface area contributed by atoms with Gasteiger partial charge in [0.2, 0.25) is 0 Å². The van der Waals surface area contributed by atoms with Crippen molar-refractivity contribution in [3.63, 3.8) is 0 Å². The van der Waals surface area contributed by atoms with Gasteiger partial charge in [0.25, 0.3) is 0 Å². The Hall–Kier alpha value is -1.83. The standard InChI is InChI=1S/C23H27.C12H7Si.2ClH.Zr/c1-16(2)13-17-14-19-11-12-21(23(3,4)5)22(20(19)15-17)18-9-7-6-8-10-18;1-3-7-11-9(5-1)10-6-2-4-8-12(10)13-11;;;/h6-12,14-16H,13H2,1-5H3;1-7H;2*1H;/q2*-1;;;+4/p-2. The molecule has 0 bridgehead atoms. The fraction of sp³-hybridized carbons (Fsp3) is 0.229. The summed E-state index contributed by atoms with van der Waals surface area (Å²) >= 11 is 0. The topological polar surface area (TPSA) is 0 Å². The van der Waals surface area contributed by atoms with Gasteiger partial charge in [-0.2, -0.15) is 35.5 Å². The van der Waals surface area contributed by atoms with E-state index in [1.165, 1.54) is 54.5 Å². The van der Waals surface area contributed by atoms with E-state index in [0.717, 1.165) is 15.9 Å². The van der Waals surface area contributed by atoms with Gasteiger partial charge < -0.3 is 24.8 Å². The molecule has 0 aromatic heterocycles. The third-order valence-electron chi connectivity index (χ3n) is 6.80. The van der Waals surface area contributed by atoms with Crippen LogP contribution >= 0.6 is 0 Å². The second-order valence-electron chi connectivity index (χ2n) is 11.2. The van der Waals surface area contributed by atoms with Crippen molar-refractivity contribution in [3.05, 3.63) is 114 Å². The summed E-state index contributed by atoms with van der Waals surface area (Å²) in [6, 6.07) is 38.4. The van der Waals surface area contributed by atoms with Crippen molar-refractivity contribution in [3.8, 4) is 22.3 Å². The molecule has 0 unspecified atom stereocenters. The van der Waals surface area contributed by atoms with Crippen molar-refractivity contribution in [2.75, 3.05) is 0 Å². The van der Waals surface area contributed by atoms with E-state index in [4.69, 9.17) is 0 Å². The van der Waals surface area contributed by atoms with Crippen molar-refractivity contribution in [1.82, 2.24) is 0 Å². The molecule has 0 saturated carbocycles. The fourth-order valence-corrected chi connectivity index (χ4v) is 6.51. The first kappa shape index (κ1) is 33.4. The molecule has 2 radical (unpaired) electrons. The largest absolute Gasteiger partial charge is 4.00 e. The average molecular weight is 645 g/mol. The van der Waals surface area contributed by atoms with E-state index in [1.807, 2.05) is 6.07 Å². The van der Waals surface area contributed by atoms with Crippen LogP contribution in [0.1, 0.15) is 45.7 Å². The molecule has 0 atom stereocenters. The van der Waals surface area contributed by atoms with Crippen molar-refractivity contribution < 1.29 is 51.0 Å². The SMILES string of the molecule is CC(C)Cc1cc2c(-c3ccccc3)c(C(C)(C)C)ccc2[cH-]1.[Cl-].[Cl-].[Zr+4].[c-]1cccc2c1[Si]c1ccccc1-2. The average Bonchev–Trinajstić information content (AvgIpc) is 3.44. The molecule has 0 saturated heterocycles. The van der Waals surface area contributed by atoms with Gasteiger partial charge in [0.05, 0.1) is 9.52 Å². The maximum atomic E-state index is 3.31. The fourth-order valence-electron chi connectivity index (χ4n) is 5.20. The summed E-state index contributed by atoms with van der Waals surface area (Å²) in [4.78, 5) is 0. The molecule has 0 fully saturated rings. The third-order valence-corrected chi connectivity index (χ3v) is 8.17. The van der Waals surface area contributed by atoms with E-state index in [-0.39, 0.29) is 56.4 Å². The van der Waals surface area contributed by atoms with Gasteiger partial charge >= 0.3 is 26.2 Å². The predicted octanol–water partition coefficient (Wildman–Crippen LogP) is 1.85. The molecule has 0 N–H and O–H groups in total. The van der Waals surface area contributed by atoms with E-state index >= 15 is 0 Å². The Morgan fingerprint density at radius 3 is 2.18 bits per heavy atom. The van der Waals surface area contributed by atoms with Gasteiger partial charge in [0.15, 0.2) is 0 Å². The summed E-state index contributed by atoms with van der Waals surface area (Å²) in [6.45, 7) is 11.5. The molecule has 5 aromatic carbocycles. The molecular weight excluding hydrogens is 611 g/mol. The Bertz CT molecular complexity index is 1450. The second-order valence-corrected chi connectivity index (χ2v) is 12.5. The zero-order valence-electron chi connectivity index (χ0n) is 23.3. The van der Waals surface area contributed by atoms with Crippen LogP contribution in [0.4, 0.5) is 0 Å². The van der Waals surface area contributed by atoms with Crippen molar-refractivity contribution in [1.29, 1.82) is 0 Å². The third kappa shape index (κ3) is 7.47. The quantitative estimate of drug-likeness (QED) is 0.204. The first-order chi connectivity index (χ1) is 17.3. The van der Waals surface area contributed by atoms with Crippen LogP contribution in [-0.4, -0.2) is 9.52 Å². The van der Waals surface area contributed by atoms with Gasteiger partial charge in [0.1, 0.15) is 0 Å². The Morgan fingerprint density at radius 1 is 0.821 bits per heavy atom. The Labute approximate surface area is 268 Å². The monoisotopic (exact) mass is 642 g/mol. The number of fused-ring (bicyclic) bond motifs is 4. The van der Waals surface area contributed by atoms with Crippen LogP contribution in [0.5, 0.6) is 0 Å². The first-order valence-corrected chi connectivity index (χ1v) is 14.0. The van der Waals surface area contributed by atoms with Gasteiger partial charge in [-0.1, -0.05) is 111 Å². The van der Waals surface area contributed by atoms with Crippen molar-refractivity contribution in [2.45, 2.75) is 46.5 Å². The Balaban J connectivity index is 0.000000285. The molecule has 1 aliphatic heterocycles. The van der Waals surface area contributed by atoms with Gasteiger partial charge in [-0.25, -0.2) is 0 Å². The van der Waals surface area contributed by atoms with E-state index < -0.39 is 0 Å². The predicted molar refractivity (Wildman–Crippen MR) is 158 cm³/mol. The van der Waals surface area contributed by atoms with Gasteiger partial charge in [0, 0.05) is 0 Å². The van der Waals surface area contributed by atoms with Crippen LogP contribution < -0.4 is 35.2 Å². The maximum absolute atomic E-state index is 3.31. The molecule has 1 aliphatic rings. The minimum Gasteiger partial charge on any atom is -1.00 e. The van der Waals surface area contributed by atoms with Crippen LogP contribution in [0.25, 0.3) is 33.0 Å². The molecule has 196 valence electrons. The Kier molecular flexibility index (Phi) is 12.1. The summed E-state index contributed by atoms with van der Waals surface area (Å²) in [6.07, 6.45) is 1.15. The molecule has 4 heteroatoms. The molecule has 5 aromatic rings. The number of halogens is 2. The zero-order valence-corrected chi connectivity index (χ0v) is 28.2. The van der Waals surface area contributed by atoms with Crippen LogP contribution in [0, 0.1) is 12.0 Å².